The fourth-order valence-corrected chi connectivity index (χ4v) is 2.11. The summed E-state index contributed by atoms with van der Waals surface area (Å²) in [4.78, 5) is 4.35. The van der Waals surface area contributed by atoms with E-state index in [1.807, 2.05) is 25.1 Å². The number of pyridine rings is 1. The summed E-state index contributed by atoms with van der Waals surface area (Å²) in [5.74, 6) is 1.09. The van der Waals surface area contributed by atoms with Gasteiger partial charge in [0.1, 0.15) is 5.82 Å². The molecule has 0 radical (unpaired) electrons. The van der Waals surface area contributed by atoms with Crippen molar-refractivity contribution in [3.05, 3.63) is 39.8 Å². The van der Waals surface area contributed by atoms with Crippen LogP contribution in [0.1, 0.15) is 13.3 Å². The van der Waals surface area contributed by atoms with Gasteiger partial charge in [0.25, 0.3) is 0 Å². The molecule has 1 aromatic carbocycles. The van der Waals surface area contributed by atoms with Crippen LogP contribution in [0.5, 0.6) is 5.88 Å². The van der Waals surface area contributed by atoms with Crippen LogP contribution in [-0.2, 0) is 0 Å². The second-order valence-electron chi connectivity index (χ2n) is 4.17. The maximum Gasteiger partial charge on any atom is 0.239 e. The number of nitrogens with one attached hydrogen (secondary N) is 1. The topological polar surface area (TPSA) is 60.2 Å². The molecular weight excluding hydrogens is 342 g/mol. The third kappa shape index (κ3) is 3.55. The van der Waals surface area contributed by atoms with Gasteiger partial charge in [-0.1, -0.05) is 24.6 Å². The molecule has 0 unspecified atom stereocenters. The molecule has 0 atom stereocenters. The molecule has 4 nitrogen and oxygen atoms in total. The van der Waals surface area contributed by atoms with Crippen molar-refractivity contribution in [2.45, 2.75) is 13.3 Å². The van der Waals surface area contributed by atoms with Gasteiger partial charge in [-0.05, 0) is 46.6 Å². The molecule has 0 fully saturated rings. The third-order valence-electron chi connectivity index (χ3n) is 2.55. The number of aromatic nitrogens is 1. The molecule has 2 rings (SSSR count). The van der Waals surface area contributed by atoms with E-state index >= 15 is 0 Å². The number of nitrogen functional groups attached to an aromatic ring is 1. The van der Waals surface area contributed by atoms with Crippen LogP contribution in [0.3, 0.4) is 0 Å². The van der Waals surface area contributed by atoms with E-state index in [2.05, 4.69) is 26.2 Å². The molecule has 0 saturated carbocycles. The summed E-state index contributed by atoms with van der Waals surface area (Å²) >= 11 is 9.49. The molecule has 1 aromatic heterocycles. The Labute approximate surface area is 131 Å². The van der Waals surface area contributed by atoms with Gasteiger partial charge >= 0.3 is 0 Å². The molecule has 0 saturated heterocycles. The van der Waals surface area contributed by atoms with Gasteiger partial charge in [0.15, 0.2) is 0 Å². The summed E-state index contributed by atoms with van der Waals surface area (Å²) in [5, 5.41) is 3.81. The van der Waals surface area contributed by atoms with Gasteiger partial charge < -0.3 is 15.8 Å². The van der Waals surface area contributed by atoms with Crippen LogP contribution in [0.15, 0.2) is 34.8 Å². The first-order valence-electron chi connectivity index (χ1n) is 6.22. The molecule has 20 heavy (non-hydrogen) atoms. The van der Waals surface area contributed by atoms with E-state index < -0.39 is 0 Å². The van der Waals surface area contributed by atoms with Gasteiger partial charge in [-0.25, -0.2) is 0 Å². The zero-order chi connectivity index (χ0) is 14.5. The van der Waals surface area contributed by atoms with Gasteiger partial charge in [-0.2, -0.15) is 4.98 Å². The summed E-state index contributed by atoms with van der Waals surface area (Å²) in [5.41, 5.74) is 7.18. The van der Waals surface area contributed by atoms with Gasteiger partial charge in [-0.15, -0.1) is 0 Å². The zero-order valence-corrected chi connectivity index (χ0v) is 13.3. The average molecular weight is 357 g/mol. The molecule has 6 heteroatoms. The van der Waals surface area contributed by atoms with E-state index in [4.69, 9.17) is 22.1 Å². The highest BCUT2D eigenvalue weighted by molar-refractivity contribution is 9.10. The second-order valence-corrected chi connectivity index (χ2v) is 5.37. The van der Waals surface area contributed by atoms with Gasteiger partial charge in [-0.3, -0.25) is 0 Å². The second kappa shape index (κ2) is 6.81. The van der Waals surface area contributed by atoms with Crippen LogP contribution in [0.25, 0.3) is 0 Å². The Balaban J connectivity index is 2.23. The van der Waals surface area contributed by atoms with Crippen molar-refractivity contribution < 1.29 is 4.74 Å². The lowest BCUT2D eigenvalue weighted by molar-refractivity contribution is 0.307. The van der Waals surface area contributed by atoms with Crippen molar-refractivity contribution in [2.75, 3.05) is 17.7 Å². The summed E-state index contributed by atoms with van der Waals surface area (Å²) in [6.45, 7) is 2.61. The molecule has 0 aliphatic rings. The zero-order valence-electron chi connectivity index (χ0n) is 11.0. The third-order valence-corrected chi connectivity index (χ3v) is 3.94. The molecular formula is C14H15BrClN3O. The predicted octanol–water partition coefficient (Wildman–Crippen LogP) is 4.61. The number of anilines is 3. The summed E-state index contributed by atoms with van der Waals surface area (Å²) in [6, 6.07) is 9.13. The summed E-state index contributed by atoms with van der Waals surface area (Å²) in [7, 11) is 0. The number of ether oxygens (including phenoxy) is 1. The predicted molar refractivity (Wildman–Crippen MR) is 86.9 cm³/mol. The number of nitrogens with zero attached hydrogens (tertiary/aromatic N) is 1. The van der Waals surface area contributed by atoms with E-state index in [-0.39, 0.29) is 0 Å². The fraction of sp³-hybridized carbons (Fsp3) is 0.214. The highest BCUT2D eigenvalue weighted by Crippen LogP contribution is 2.32. The largest absolute Gasteiger partial charge is 0.476 e. The monoisotopic (exact) mass is 355 g/mol. The Kier molecular flexibility index (Phi) is 5.09. The van der Waals surface area contributed by atoms with Crippen molar-refractivity contribution in [2.24, 2.45) is 0 Å². The number of halogens is 2. The van der Waals surface area contributed by atoms with E-state index in [1.165, 1.54) is 0 Å². The Morgan fingerprint density at radius 3 is 2.90 bits per heavy atom. The first-order chi connectivity index (χ1) is 9.61. The lowest BCUT2D eigenvalue weighted by Gasteiger charge is -2.12. The minimum Gasteiger partial charge on any atom is -0.476 e. The lowest BCUT2D eigenvalue weighted by Crippen LogP contribution is -2.03. The number of nitrogens with two attached hydrogens (primary N) is 1. The highest BCUT2D eigenvalue weighted by atomic mass is 79.9. The molecule has 3 N–H and O–H groups in total. The molecule has 0 amide bonds. The maximum absolute atomic E-state index is 6.05. The number of rotatable bonds is 5. The van der Waals surface area contributed by atoms with E-state index in [0.717, 1.165) is 16.6 Å². The van der Waals surface area contributed by atoms with Crippen molar-refractivity contribution in [3.8, 4) is 5.88 Å². The fourth-order valence-electron chi connectivity index (χ4n) is 1.57. The minimum atomic E-state index is 0.440. The lowest BCUT2D eigenvalue weighted by atomic mass is 10.3. The van der Waals surface area contributed by atoms with Crippen LogP contribution in [-0.4, -0.2) is 11.6 Å². The molecule has 0 aliphatic heterocycles. The quantitative estimate of drug-likeness (QED) is 0.821. The van der Waals surface area contributed by atoms with Crippen LogP contribution in [0.2, 0.25) is 5.02 Å². The average Bonchev–Trinajstić information content (AvgIpc) is 2.44. The van der Waals surface area contributed by atoms with E-state index in [1.54, 1.807) is 12.1 Å². The summed E-state index contributed by atoms with van der Waals surface area (Å²) in [6.07, 6.45) is 0.901. The van der Waals surface area contributed by atoms with Crippen molar-refractivity contribution >= 4 is 44.7 Å². The highest BCUT2D eigenvalue weighted by Gasteiger charge is 2.07. The molecule has 1 heterocycles. The Bertz CT molecular complexity index is 607. The van der Waals surface area contributed by atoms with Crippen LogP contribution in [0.4, 0.5) is 17.2 Å². The van der Waals surface area contributed by atoms with Gasteiger partial charge in [0.05, 0.1) is 27.5 Å². The smallest absolute Gasteiger partial charge is 0.239 e. The first kappa shape index (κ1) is 14.9. The van der Waals surface area contributed by atoms with Gasteiger partial charge in [0, 0.05) is 0 Å². The van der Waals surface area contributed by atoms with Crippen LogP contribution < -0.4 is 15.8 Å². The maximum atomic E-state index is 6.05. The Morgan fingerprint density at radius 2 is 2.15 bits per heavy atom. The minimum absolute atomic E-state index is 0.440. The van der Waals surface area contributed by atoms with E-state index in [0.29, 0.717) is 29.0 Å². The molecule has 0 aliphatic carbocycles. The van der Waals surface area contributed by atoms with Gasteiger partial charge in [0.2, 0.25) is 5.88 Å². The van der Waals surface area contributed by atoms with Crippen molar-refractivity contribution in [3.63, 3.8) is 0 Å². The van der Waals surface area contributed by atoms with Crippen molar-refractivity contribution in [1.29, 1.82) is 0 Å². The Hall–Kier alpha value is -1.46. The molecule has 0 bridgehead atoms. The molecule has 0 spiro atoms. The SMILES string of the molecule is CCCOc1nc(Nc2cccc(Cl)c2Br)ccc1N. The Morgan fingerprint density at radius 1 is 1.35 bits per heavy atom. The van der Waals surface area contributed by atoms with Crippen molar-refractivity contribution in [1.82, 2.24) is 4.98 Å². The van der Waals surface area contributed by atoms with Crippen LogP contribution >= 0.6 is 27.5 Å². The standard InChI is InChI=1S/C14H15BrClN3O/c1-2-8-20-14-10(17)6-7-12(19-14)18-11-5-3-4-9(16)13(11)15/h3-7H,2,8,17H2,1H3,(H,18,19). The number of benzene rings is 1. The number of hydrogen-bond acceptors (Lipinski definition) is 4. The molecule has 2 aromatic rings. The first-order valence-corrected chi connectivity index (χ1v) is 7.39. The molecule has 106 valence electrons. The van der Waals surface area contributed by atoms with Crippen LogP contribution in [0, 0.1) is 0 Å². The number of hydrogen-bond donors (Lipinski definition) is 2. The summed E-state index contributed by atoms with van der Waals surface area (Å²) < 4.78 is 6.29. The van der Waals surface area contributed by atoms with E-state index in [9.17, 15) is 0 Å². The normalized spacial score (nSPS) is 10.3.